The third kappa shape index (κ3) is 2.14. The molecule has 1 fully saturated rings. The predicted molar refractivity (Wildman–Crippen MR) is 62.5 cm³/mol. The van der Waals surface area contributed by atoms with Gasteiger partial charge < -0.3 is 10.2 Å². The highest BCUT2D eigenvalue weighted by Crippen LogP contribution is 2.40. The van der Waals surface area contributed by atoms with Gasteiger partial charge in [-0.25, -0.2) is 4.39 Å². The summed E-state index contributed by atoms with van der Waals surface area (Å²) in [6.45, 7) is 0. The Morgan fingerprint density at radius 3 is 2.56 bits per heavy atom. The molecule has 0 radical (unpaired) electrons. The van der Waals surface area contributed by atoms with Gasteiger partial charge in [-0.2, -0.15) is 0 Å². The quantitative estimate of drug-likeness (QED) is 0.879. The normalized spacial score (nSPS) is 21.0. The highest BCUT2D eigenvalue weighted by atomic mass is 79.9. The van der Waals surface area contributed by atoms with Gasteiger partial charge in [-0.15, -0.1) is 0 Å². The van der Waals surface area contributed by atoms with Crippen LogP contribution in [0.3, 0.4) is 0 Å². The van der Waals surface area contributed by atoms with Gasteiger partial charge in [0, 0.05) is 10.0 Å². The van der Waals surface area contributed by atoms with Crippen LogP contribution in [0.1, 0.15) is 37.4 Å². The smallest absolute Gasteiger partial charge is 0.129 e. The predicted octanol–water partition coefficient (Wildman–Crippen LogP) is 2.93. The molecule has 0 spiro atoms. The standard InChI is InChI=1S/C12H14BrFO2/c13-8-3-4-10(14)9(7-8)11(15)12(16)5-1-2-6-12/h3-4,7,11,15-16H,1-2,5-6H2. The molecule has 1 atom stereocenters. The Bertz CT molecular complexity index is 389. The molecule has 1 saturated carbocycles. The summed E-state index contributed by atoms with van der Waals surface area (Å²) in [5.74, 6) is -0.476. The van der Waals surface area contributed by atoms with Gasteiger partial charge in [-0.3, -0.25) is 0 Å². The minimum absolute atomic E-state index is 0.166. The summed E-state index contributed by atoms with van der Waals surface area (Å²) in [6, 6.07) is 4.39. The van der Waals surface area contributed by atoms with Crippen molar-refractivity contribution in [3.63, 3.8) is 0 Å². The summed E-state index contributed by atoms with van der Waals surface area (Å²) in [4.78, 5) is 0. The van der Waals surface area contributed by atoms with E-state index in [2.05, 4.69) is 15.9 Å². The van der Waals surface area contributed by atoms with Crippen molar-refractivity contribution in [1.82, 2.24) is 0 Å². The summed E-state index contributed by atoms with van der Waals surface area (Å²) >= 11 is 3.23. The van der Waals surface area contributed by atoms with Crippen molar-refractivity contribution in [3.05, 3.63) is 34.1 Å². The van der Waals surface area contributed by atoms with E-state index in [1.807, 2.05) is 0 Å². The van der Waals surface area contributed by atoms with Gasteiger partial charge in [0.2, 0.25) is 0 Å². The Labute approximate surface area is 102 Å². The molecule has 0 bridgehead atoms. The lowest BCUT2D eigenvalue weighted by Crippen LogP contribution is -2.33. The molecule has 1 aliphatic carbocycles. The van der Waals surface area contributed by atoms with Crippen molar-refractivity contribution in [2.75, 3.05) is 0 Å². The zero-order valence-corrected chi connectivity index (χ0v) is 10.4. The van der Waals surface area contributed by atoms with E-state index >= 15 is 0 Å². The second-order valence-electron chi connectivity index (χ2n) is 4.38. The van der Waals surface area contributed by atoms with Crippen molar-refractivity contribution < 1.29 is 14.6 Å². The third-order valence-electron chi connectivity index (χ3n) is 3.23. The molecule has 0 saturated heterocycles. The summed E-state index contributed by atoms with van der Waals surface area (Å²) in [5.41, 5.74) is -1.000. The first-order valence-corrected chi connectivity index (χ1v) is 6.18. The monoisotopic (exact) mass is 288 g/mol. The fourth-order valence-electron chi connectivity index (χ4n) is 2.27. The molecular formula is C12H14BrFO2. The zero-order valence-electron chi connectivity index (χ0n) is 8.79. The lowest BCUT2D eigenvalue weighted by atomic mass is 9.89. The average Bonchev–Trinajstić information content (AvgIpc) is 2.69. The zero-order chi connectivity index (χ0) is 11.8. The van der Waals surface area contributed by atoms with E-state index in [1.54, 1.807) is 6.07 Å². The number of aliphatic hydroxyl groups excluding tert-OH is 1. The Balaban J connectivity index is 2.32. The van der Waals surface area contributed by atoms with Crippen LogP contribution in [0.15, 0.2) is 22.7 Å². The highest BCUT2D eigenvalue weighted by molar-refractivity contribution is 9.10. The van der Waals surface area contributed by atoms with Gasteiger partial charge in [0.05, 0.1) is 5.60 Å². The van der Waals surface area contributed by atoms with Gasteiger partial charge >= 0.3 is 0 Å². The largest absolute Gasteiger partial charge is 0.387 e. The van der Waals surface area contributed by atoms with Gasteiger partial charge in [-0.05, 0) is 31.0 Å². The maximum atomic E-state index is 13.6. The van der Waals surface area contributed by atoms with E-state index in [9.17, 15) is 14.6 Å². The van der Waals surface area contributed by atoms with Gasteiger partial charge in [0.15, 0.2) is 0 Å². The molecular weight excluding hydrogens is 275 g/mol. The minimum Gasteiger partial charge on any atom is -0.387 e. The summed E-state index contributed by atoms with van der Waals surface area (Å²) in [5, 5.41) is 20.3. The van der Waals surface area contributed by atoms with Gasteiger partial charge in [0.1, 0.15) is 11.9 Å². The van der Waals surface area contributed by atoms with E-state index in [1.165, 1.54) is 12.1 Å². The van der Waals surface area contributed by atoms with Crippen molar-refractivity contribution in [1.29, 1.82) is 0 Å². The SMILES string of the molecule is OC(c1cc(Br)ccc1F)C1(O)CCCC1. The van der Waals surface area contributed by atoms with Crippen LogP contribution in [0, 0.1) is 5.82 Å². The molecule has 4 heteroatoms. The van der Waals surface area contributed by atoms with Crippen LogP contribution in [0.5, 0.6) is 0 Å². The third-order valence-corrected chi connectivity index (χ3v) is 3.72. The Morgan fingerprint density at radius 1 is 1.31 bits per heavy atom. The molecule has 1 aromatic rings. The van der Waals surface area contributed by atoms with Crippen molar-refractivity contribution in [2.24, 2.45) is 0 Å². The first-order chi connectivity index (χ1) is 7.53. The molecule has 16 heavy (non-hydrogen) atoms. The van der Waals surface area contributed by atoms with Crippen LogP contribution in [0.25, 0.3) is 0 Å². The van der Waals surface area contributed by atoms with Gasteiger partial charge in [0.25, 0.3) is 0 Å². The molecule has 0 amide bonds. The number of hydrogen-bond donors (Lipinski definition) is 2. The molecule has 1 aliphatic rings. The van der Waals surface area contributed by atoms with E-state index < -0.39 is 17.5 Å². The fraction of sp³-hybridized carbons (Fsp3) is 0.500. The topological polar surface area (TPSA) is 40.5 Å². The lowest BCUT2D eigenvalue weighted by Gasteiger charge is -2.29. The molecule has 1 aromatic carbocycles. The Hall–Kier alpha value is -0.450. The molecule has 2 rings (SSSR count). The molecule has 88 valence electrons. The number of halogens is 2. The first-order valence-electron chi connectivity index (χ1n) is 5.38. The van der Waals surface area contributed by atoms with Gasteiger partial charge in [-0.1, -0.05) is 28.8 Å². The van der Waals surface area contributed by atoms with E-state index in [-0.39, 0.29) is 5.56 Å². The number of hydrogen-bond acceptors (Lipinski definition) is 2. The Kier molecular flexibility index (Phi) is 3.33. The van der Waals surface area contributed by atoms with Crippen LogP contribution in [-0.4, -0.2) is 15.8 Å². The second kappa shape index (κ2) is 4.43. The van der Waals surface area contributed by atoms with Crippen LogP contribution in [0.2, 0.25) is 0 Å². The lowest BCUT2D eigenvalue weighted by molar-refractivity contribution is -0.0733. The molecule has 2 nitrogen and oxygen atoms in total. The van der Waals surface area contributed by atoms with Crippen molar-refractivity contribution >= 4 is 15.9 Å². The molecule has 2 N–H and O–H groups in total. The highest BCUT2D eigenvalue weighted by Gasteiger charge is 2.40. The summed E-state index contributed by atoms with van der Waals surface area (Å²) < 4.78 is 14.3. The maximum absolute atomic E-state index is 13.6. The maximum Gasteiger partial charge on any atom is 0.129 e. The Morgan fingerprint density at radius 2 is 1.94 bits per heavy atom. The van der Waals surface area contributed by atoms with Crippen LogP contribution in [0.4, 0.5) is 4.39 Å². The van der Waals surface area contributed by atoms with E-state index in [4.69, 9.17) is 0 Å². The van der Waals surface area contributed by atoms with Crippen LogP contribution in [-0.2, 0) is 0 Å². The fourth-order valence-corrected chi connectivity index (χ4v) is 2.65. The molecule has 1 unspecified atom stereocenters. The first kappa shape index (κ1) is 12.0. The minimum atomic E-state index is -1.17. The van der Waals surface area contributed by atoms with Crippen molar-refractivity contribution in [3.8, 4) is 0 Å². The van der Waals surface area contributed by atoms with E-state index in [0.717, 1.165) is 12.8 Å². The second-order valence-corrected chi connectivity index (χ2v) is 5.29. The summed E-state index contributed by atoms with van der Waals surface area (Å²) in [6.07, 6.45) is 1.67. The summed E-state index contributed by atoms with van der Waals surface area (Å²) in [7, 11) is 0. The van der Waals surface area contributed by atoms with E-state index in [0.29, 0.717) is 17.3 Å². The number of rotatable bonds is 2. The van der Waals surface area contributed by atoms with Crippen LogP contribution >= 0.6 is 15.9 Å². The molecule has 0 heterocycles. The van der Waals surface area contributed by atoms with Crippen LogP contribution < -0.4 is 0 Å². The van der Waals surface area contributed by atoms with Crippen molar-refractivity contribution in [2.45, 2.75) is 37.4 Å². The average molecular weight is 289 g/mol. The number of aliphatic hydroxyl groups is 2. The molecule has 0 aliphatic heterocycles. The molecule has 0 aromatic heterocycles. The number of benzene rings is 1.